The van der Waals surface area contributed by atoms with Crippen molar-refractivity contribution < 1.29 is 33.4 Å². The number of urea groups is 1. The van der Waals surface area contributed by atoms with Crippen LogP contribution in [-0.2, 0) is 14.4 Å². The fourth-order valence-electron chi connectivity index (χ4n) is 2.92. The molecule has 1 heterocycles. The van der Waals surface area contributed by atoms with Gasteiger partial charge in [0.1, 0.15) is 11.3 Å². The number of imide groups is 2. The van der Waals surface area contributed by atoms with E-state index in [1.54, 1.807) is 31.2 Å². The van der Waals surface area contributed by atoms with Crippen LogP contribution in [0.2, 0.25) is 5.02 Å². The minimum atomic E-state index is -0.898. The highest BCUT2D eigenvalue weighted by Crippen LogP contribution is 2.37. The molecule has 3 N–H and O–H groups in total. The summed E-state index contributed by atoms with van der Waals surface area (Å²) in [6.07, 6.45) is 1.25. The summed E-state index contributed by atoms with van der Waals surface area (Å²) < 4.78 is 16.4. The van der Waals surface area contributed by atoms with Crippen LogP contribution in [0.1, 0.15) is 12.5 Å². The van der Waals surface area contributed by atoms with Crippen LogP contribution in [0.15, 0.2) is 42.0 Å². The van der Waals surface area contributed by atoms with Crippen molar-refractivity contribution in [2.24, 2.45) is 0 Å². The van der Waals surface area contributed by atoms with E-state index in [0.29, 0.717) is 17.0 Å². The van der Waals surface area contributed by atoms with E-state index in [1.807, 2.05) is 10.6 Å². The van der Waals surface area contributed by atoms with Gasteiger partial charge in [-0.05, 0) is 42.8 Å². The minimum absolute atomic E-state index is 0.0885. The van der Waals surface area contributed by atoms with E-state index < -0.39 is 23.8 Å². The van der Waals surface area contributed by atoms with Crippen molar-refractivity contribution in [3.8, 4) is 17.2 Å². The third kappa shape index (κ3) is 5.80. The van der Waals surface area contributed by atoms with Gasteiger partial charge in [-0.3, -0.25) is 25.0 Å². The van der Waals surface area contributed by atoms with Gasteiger partial charge >= 0.3 is 6.03 Å². The third-order valence-electron chi connectivity index (χ3n) is 4.31. The average Bonchev–Trinajstić information content (AvgIpc) is 2.76. The van der Waals surface area contributed by atoms with E-state index >= 15 is 0 Å². The average molecular weight is 474 g/mol. The van der Waals surface area contributed by atoms with Crippen molar-refractivity contribution in [3.05, 3.63) is 52.6 Å². The summed E-state index contributed by atoms with van der Waals surface area (Å²) in [5.41, 5.74) is 0.552. The molecule has 2 aromatic rings. The summed E-state index contributed by atoms with van der Waals surface area (Å²) in [5.74, 6) is -1.33. The normalized spacial score (nSPS) is 13.1. The zero-order valence-electron chi connectivity index (χ0n) is 17.7. The van der Waals surface area contributed by atoms with Crippen molar-refractivity contribution in [1.82, 2.24) is 10.6 Å². The van der Waals surface area contributed by atoms with E-state index in [-0.39, 0.29) is 35.3 Å². The number of anilines is 1. The predicted molar refractivity (Wildman–Crippen MR) is 119 cm³/mol. The monoisotopic (exact) mass is 473 g/mol. The van der Waals surface area contributed by atoms with Gasteiger partial charge in [0.2, 0.25) is 0 Å². The van der Waals surface area contributed by atoms with Crippen LogP contribution in [0.4, 0.5) is 10.5 Å². The molecule has 0 bridgehead atoms. The number of hydrogen-bond acceptors (Lipinski definition) is 7. The zero-order valence-corrected chi connectivity index (χ0v) is 18.4. The second-order valence-corrected chi connectivity index (χ2v) is 7.00. The van der Waals surface area contributed by atoms with Gasteiger partial charge in [-0.15, -0.1) is 0 Å². The molecule has 1 aliphatic rings. The van der Waals surface area contributed by atoms with Gasteiger partial charge in [-0.2, -0.15) is 0 Å². The lowest BCUT2D eigenvalue weighted by molar-refractivity contribution is -0.124. The molecule has 0 saturated carbocycles. The molecule has 1 saturated heterocycles. The van der Waals surface area contributed by atoms with Gasteiger partial charge in [0.05, 0.1) is 24.4 Å². The number of ether oxygens (including phenoxy) is 3. The topological polar surface area (TPSA) is 132 Å². The molecule has 0 aliphatic carbocycles. The van der Waals surface area contributed by atoms with Crippen LogP contribution in [-0.4, -0.2) is 44.1 Å². The molecule has 33 heavy (non-hydrogen) atoms. The first-order valence-corrected chi connectivity index (χ1v) is 10.1. The lowest BCUT2D eigenvalue weighted by Crippen LogP contribution is -2.51. The highest BCUT2D eigenvalue weighted by atomic mass is 35.5. The SMILES string of the molecule is CCOc1cc(C=C2C(=O)NC(=O)NC2=O)cc(Cl)c1OCC(=O)Nc1ccccc1OC. The summed E-state index contributed by atoms with van der Waals surface area (Å²) in [7, 11) is 1.49. The Kier molecular flexibility index (Phi) is 7.52. The summed E-state index contributed by atoms with van der Waals surface area (Å²) in [5, 5.41) is 6.74. The Bertz CT molecular complexity index is 1120. The molecule has 3 rings (SSSR count). The molecule has 0 radical (unpaired) electrons. The van der Waals surface area contributed by atoms with Crippen molar-refractivity contribution in [3.63, 3.8) is 0 Å². The minimum Gasteiger partial charge on any atom is -0.495 e. The van der Waals surface area contributed by atoms with Crippen molar-refractivity contribution in [1.29, 1.82) is 0 Å². The number of para-hydroxylation sites is 2. The molecule has 5 amide bonds. The fraction of sp³-hybridized carbons (Fsp3) is 0.182. The van der Waals surface area contributed by atoms with E-state index in [2.05, 4.69) is 5.32 Å². The lowest BCUT2D eigenvalue weighted by atomic mass is 10.1. The van der Waals surface area contributed by atoms with Gasteiger partial charge < -0.3 is 19.5 Å². The van der Waals surface area contributed by atoms with Crippen LogP contribution in [0.5, 0.6) is 17.2 Å². The first-order valence-electron chi connectivity index (χ1n) is 9.72. The van der Waals surface area contributed by atoms with Gasteiger partial charge in [0.25, 0.3) is 17.7 Å². The smallest absolute Gasteiger partial charge is 0.328 e. The largest absolute Gasteiger partial charge is 0.495 e. The van der Waals surface area contributed by atoms with Crippen LogP contribution < -0.4 is 30.2 Å². The quantitative estimate of drug-likeness (QED) is 0.396. The van der Waals surface area contributed by atoms with Gasteiger partial charge in [0, 0.05) is 0 Å². The summed E-state index contributed by atoms with van der Waals surface area (Å²) in [4.78, 5) is 47.5. The number of methoxy groups -OCH3 is 1. The molecule has 10 nitrogen and oxygen atoms in total. The van der Waals surface area contributed by atoms with E-state index in [4.69, 9.17) is 25.8 Å². The molecule has 0 unspecified atom stereocenters. The second kappa shape index (κ2) is 10.5. The van der Waals surface area contributed by atoms with Crippen LogP contribution in [0.3, 0.4) is 0 Å². The van der Waals surface area contributed by atoms with E-state index in [9.17, 15) is 19.2 Å². The van der Waals surface area contributed by atoms with E-state index in [0.717, 1.165) is 0 Å². The van der Waals surface area contributed by atoms with Crippen molar-refractivity contribution in [2.45, 2.75) is 6.92 Å². The molecular formula is C22H20ClN3O7. The summed E-state index contributed by atoms with van der Waals surface area (Å²) >= 11 is 6.33. The number of carbonyl (C=O) groups is 4. The number of carbonyl (C=O) groups excluding carboxylic acids is 4. The maximum Gasteiger partial charge on any atom is 0.328 e. The Balaban J connectivity index is 1.79. The molecule has 0 spiro atoms. The molecule has 172 valence electrons. The number of nitrogens with one attached hydrogen (secondary N) is 3. The Hall–Kier alpha value is -4.05. The van der Waals surface area contributed by atoms with Crippen LogP contribution >= 0.6 is 11.6 Å². The maximum absolute atomic E-state index is 12.4. The first-order chi connectivity index (χ1) is 15.8. The van der Waals surface area contributed by atoms with Gasteiger partial charge in [0.15, 0.2) is 18.1 Å². The molecular weight excluding hydrogens is 454 g/mol. The maximum atomic E-state index is 12.4. The van der Waals surface area contributed by atoms with Crippen molar-refractivity contribution in [2.75, 3.05) is 25.6 Å². The van der Waals surface area contributed by atoms with Gasteiger partial charge in [-0.1, -0.05) is 23.7 Å². The Morgan fingerprint density at radius 2 is 1.76 bits per heavy atom. The number of amides is 5. The fourth-order valence-corrected chi connectivity index (χ4v) is 3.19. The molecule has 0 atom stereocenters. The second-order valence-electron chi connectivity index (χ2n) is 6.60. The predicted octanol–water partition coefficient (Wildman–Crippen LogP) is 2.51. The first kappa shape index (κ1) is 23.6. The van der Waals surface area contributed by atoms with E-state index in [1.165, 1.54) is 25.3 Å². The number of halogens is 1. The number of benzene rings is 2. The summed E-state index contributed by atoms with van der Waals surface area (Å²) in [6, 6.07) is 8.94. The Labute approximate surface area is 193 Å². The Morgan fingerprint density at radius 1 is 1.06 bits per heavy atom. The summed E-state index contributed by atoms with van der Waals surface area (Å²) in [6.45, 7) is 1.63. The van der Waals surface area contributed by atoms with Crippen LogP contribution in [0.25, 0.3) is 6.08 Å². The highest BCUT2D eigenvalue weighted by Gasteiger charge is 2.28. The standard InChI is InChI=1S/C22H20ClN3O7/c1-3-32-17-10-12(8-13-20(28)25-22(30)26-21(13)29)9-14(23)19(17)33-11-18(27)24-15-6-4-5-7-16(15)31-2/h4-10H,3,11H2,1-2H3,(H,24,27)(H2,25,26,28,29,30). The Morgan fingerprint density at radius 3 is 2.42 bits per heavy atom. The molecule has 11 heteroatoms. The molecule has 1 fully saturated rings. The van der Waals surface area contributed by atoms with Crippen molar-refractivity contribution >= 4 is 47.1 Å². The molecule has 0 aromatic heterocycles. The molecule has 2 aromatic carbocycles. The lowest BCUT2D eigenvalue weighted by Gasteiger charge is -2.16. The van der Waals surface area contributed by atoms with Gasteiger partial charge in [-0.25, -0.2) is 4.79 Å². The molecule has 1 aliphatic heterocycles. The number of hydrogen-bond donors (Lipinski definition) is 3. The highest BCUT2D eigenvalue weighted by molar-refractivity contribution is 6.33. The number of barbiturate groups is 1. The number of rotatable bonds is 8. The van der Waals surface area contributed by atoms with Crippen LogP contribution in [0, 0.1) is 0 Å². The zero-order chi connectivity index (χ0) is 24.0. The third-order valence-corrected chi connectivity index (χ3v) is 4.60.